The van der Waals surface area contributed by atoms with Crippen molar-refractivity contribution in [3.63, 3.8) is 0 Å². The molecule has 2 aromatic heterocycles. The van der Waals surface area contributed by atoms with Crippen molar-refractivity contribution in [3.8, 4) is 0 Å². The number of hydrogen-bond donors (Lipinski definition) is 1. The van der Waals surface area contributed by atoms with E-state index in [1.54, 1.807) is 12.3 Å². The second-order valence-electron chi connectivity index (χ2n) is 4.71. The van der Waals surface area contributed by atoms with E-state index in [-0.39, 0.29) is 17.4 Å². The summed E-state index contributed by atoms with van der Waals surface area (Å²) in [5.74, 6) is 1.08. The van der Waals surface area contributed by atoms with Crippen LogP contribution in [0, 0.1) is 5.82 Å². The molecular weight excluding hydrogens is 257 g/mol. The Balaban J connectivity index is 2.02. The number of benzene rings is 1. The van der Waals surface area contributed by atoms with Gasteiger partial charge in [-0.05, 0) is 37.2 Å². The molecule has 0 fully saturated rings. The van der Waals surface area contributed by atoms with Crippen LogP contribution in [0.3, 0.4) is 0 Å². The molecule has 0 aliphatic heterocycles. The van der Waals surface area contributed by atoms with Gasteiger partial charge in [-0.15, -0.1) is 0 Å². The molecule has 4 heteroatoms. The largest absolute Gasteiger partial charge is 0.467 e. The van der Waals surface area contributed by atoms with Gasteiger partial charge < -0.3 is 14.2 Å². The van der Waals surface area contributed by atoms with Crippen LogP contribution in [0.2, 0.25) is 0 Å². The van der Waals surface area contributed by atoms with Crippen molar-refractivity contribution in [1.29, 1.82) is 0 Å². The van der Waals surface area contributed by atoms with Crippen molar-refractivity contribution >= 4 is 11.0 Å². The Morgan fingerprint density at radius 2 is 2.10 bits per heavy atom. The molecule has 0 aliphatic rings. The summed E-state index contributed by atoms with van der Waals surface area (Å²) < 4.78 is 24.9. The lowest BCUT2D eigenvalue weighted by Gasteiger charge is -2.13. The normalized spacial score (nSPS) is 12.9. The summed E-state index contributed by atoms with van der Waals surface area (Å²) in [5.41, 5.74) is 0.289. The summed E-state index contributed by atoms with van der Waals surface area (Å²) in [5, 5.41) is 4.12. The number of fused-ring (bicyclic) bond motifs is 1. The highest BCUT2D eigenvalue weighted by molar-refractivity contribution is 5.78. The van der Waals surface area contributed by atoms with E-state index in [4.69, 9.17) is 8.83 Å². The first-order valence-corrected chi connectivity index (χ1v) is 6.74. The number of rotatable bonds is 5. The number of furan rings is 2. The number of halogens is 1. The van der Waals surface area contributed by atoms with Crippen LogP contribution < -0.4 is 5.32 Å². The Morgan fingerprint density at radius 1 is 1.20 bits per heavy atom. The third kappa shape index (κ3) is 2.34. The van der Waals surface area contributed by atoms with Gasteiger partial charge in [0, 0.05) is 5.39 Å². The smallest absolute Gasteiger partial charge is 0.169 e. The van der Waals surface area contributed by atoms with E-state index in [1.807, 2.05) is 24.3 Å². The third-order valence-corrected chi connectivity index (χ3v) is 3.23. The Hall–Kier alpha value is -2.07. The first-order chi connectivity index (χ1) is 9.79. The van der Waals surface area contributed by atoms with Crippen molar-refractivity contribution in [2.75, 3.05) is 6.54 Å². The van der Waals surface area contributed by atoms with E-state index in [0.29, 0.717) is 5.76 Å². The highest BCUT2D eigenvalue weighted by Gasteiger charge is 2.21. The lowest BCUT2D eigenvalue weighted by molar-refractivity contribution is 0.396. The zero-order valence-corrected chi connectivity index (χ0v) is 11.2. The number of hydrogen-bond acceptors (Lipinski definition) is 3. The molecule has 0 saturated heterocycles. The molecule has 1 atom stereocenters. The third-order valence-electron chi connectivity index (χ3n) is 3.23. The molecular formula is C16H16FNO2. The van der Waals surface area contributed by atoms with Crippen molar-refractivity contribution in [2.24, 2.45) is 0 Å². The molecule has 0 saturated carbocycles. The van der Waals surface area contributed by atoms with E-state index in [2.05, 4.69) is 12.2 Å². The summed E-state index contributed by atoms with van der Waals surface area (Å²) in [6, 6.07) is 10.3. The average Bonchev–Trinajstić information content (AvgIpc) is 3.09. The number of para-hydroxylation sites is 1. The fourth-order valence-corrected chi connectivity index (χ4v) is 2.28. The molecule has 0 bridgehead atoms. The second kappa shape index (κ2) is 5.51. The van der Waals surface area contributed by atoms with Crippen LogP contribution in [0.4, 0.5) is 4.39 Å². The zero-order chi connectivity index (χ0) is 13.9. The predicted octanol–water partition coefficient (Wildman–Crippen LogP) is 4.25. The van der Waals surface area contributed by atoms with Crippen molar-refractivity contribution in [3.05, 3.63) is 60.0 Å². The molecule has 3 nitrogen and oxygen atoms in total. The van der Waals surface area contributed by atoms with E-state index in [0.717, 1.165) is 24.1 Å². The quantitative estimate of drug-likeness (QED) is 0.755. The molecule has 1 unspecified atom stereocenters. The molecule has 104 valence electrons. The van der Waals surface area contributed by atoms with Gasteiger partial charge >= 0.3 is 0 Å². The maximum atomic E-state index is 13.7. The second-order valence-corrected chi connectivity index (χ2v) is 4.71. The van der Waals surface area contributed by atoms with Gasteiger partial charge in [0.1, 0.15) is 17.6 Å². The van der Waals surface area contributed by atoms with Gasteiger partial charge in [0.25, 0.3) is 0 Å². The maximum Gasteiger partial charge on any atom is 0.169 e. The molecule has 0 amide bonds. The Morgan fingerprint density at radius 3 is 2.80 bits per heavy atom. The standard InChI is InChI=1S/C16H16FNO2/c1-2-8-18-15(13-7-4-9-19-13)14-10-11-5-3-6-12(17)16(11)20-14/h3-7,9-10,15,18H,2,8H2,1H3. The van der Waals surface area contributed by atoms with E-state index < -0.39 is 0 Å². The van der Waals surface area contributed by atoms with E-state index in [1.165, 1.54) is 6.07 Å². The van der Waals surface area contributed by atoms with Gasteiger partial charge in [-0.25, -0.2) is 4.39 Å². The fraction of sp³-hybridized carbons (Fsp3) is 0.250. The summed E-state index contributed by atoms with van der Waals surface area (Å²) >= 11 is 0. The summed E-state index contributed by atoms with van der Waals surface area (Å²) in [6.45, 7) is 2.91. The molecule has 0 spiro atoms. The lowest BCUT2D eigenvalue weighted by Crippen LogP contribution is -2.22. The fourth-order valence-electron chi connectivity index (χ4n) is 2.28. The van der Waals surface area contributed by atoms with Crippen molar-refractivity contribution < 1.29 is 13.2 Å². The monoisotopic (exact) mass is 273 g/mol. The predicted molar refractivity (Wildman–Crippen MR) is 75.0 cm³/mol. The molecule has 0 aliphatic carbocycles. The Labute approximate surface area is 116 Å². The van der Waals surface area contributed by atoms with Gasteiger partial charge in [0.05, 0.1) is 6.26 Å². The lowest BCUT2D eigenvalue weighted by atomic mass is 10.1. The molecule has 3 rings (SSSR count). The summed E-state index contributed by atoms with van der Waals surface area (Å²) in [6.07, 6.45) is 2.62. The van der Waals surface area contributed by atoms with Gasteiger partial charge in [-0.2, -0.15) is 0 Å². The van der Waals surface area contributed by atoms with Gasteiger partial charge in [0.15, 0.2) is 11.4 Å². The summed E-state index contributed by atoms with van der Waals surface area (Å²) in [4.78, 5) is 0. The van der Waals surface area contributed by atoms with Gasteiger partial charge in [-0.1, -0.05) is 19.1 Å². The average molecular weight is 273 g/mol. The van der Waals surface area contributed by atoms with Crippen LogP contribution in [0.5, 0.6) is 0 Å². The van der Waals surface area contributed by atoms with Crippen LogP contribution in [0.15, 0.2) is 51.5 Å². The van der Waals surface area contributed by atoms with Gasteiger partial charge in [0.2, 0.25) is 0 Å². The van der Waals surface area contributed by atoms with Crippen LogP contribution in [0.1, 0.15) is 30.9 Å². The highest BCUT2D eigenvalue weighted by Crippen LogP contribution is 2.29. The first kappa shape index (κ1) is 12.9. The van der Waals surface area contributed by atoms with Crippen molar-refractivity contribution in [1.82, 2.24) is 5.32 Å². The topological polar surface area (TPSA) is 38.3 Å². The minimum absolute atomic E-state index is 0.197. The van der Waals surface area contributed by atoms with Crippen LogP contribution >= 0.6 is 0 Å². The maximum absolute atomic E-state index is 13.7. The molecule has 1 aromatic carbocycles. The zero-order valence-electron chi connectivity index (χ0n) is 11.2. The molecule has 1 N–H and O–H groups in total. The van der Waals surface area contributed by atoms with E-state index in [9.17, 15) is 4.39 Å². The van der Waals surface area contributed by atoms with Crippen LogP contribution in [-0.2, 0) is 0 Å². The first-order valence-electron chi connectivity index (χ1n) is 6.74. The van der Waals surface area contributed by atoms with Crippen LogP contribution in [0.25, 0.3) is 11.0 Å². The van der Waals surface area contributed by atoms with Crippen molar-refractivity contribution in [2.45, 2.75) is 19.4 Å². The Kier molecular flexibility index (Phi) is 3.56. The minimum Gasteiger partial charge on any atom is -0.467 e. The highest BCUT2D eigenvalue weighted by atomic mass is 19.1. The summed E-state index contributed by atoms with van der Waals surface area (Å²) in [7, 11) is 0. The van der Waals surface area contributed by atoms with E-state index >= 15 is 0 Å². The Bertz CT molecular complexity index is 688. The minimum atomic E-state index is -0.345. The molecule has 20 heavy (non-hydrogen) atoms. The molecule has 2 heterocycles. The molecule has 3 aromatic rings. The molecule has 0 radical (unpaired) electrons. The number of nitrogens with one attached hydrogen (secondary N) is 1. The van der Waals surface area contributed by atoms with Crippen LogP contribution in [-0.4, -0.2) is 6.54 Å². The SMILES string of the molecule is CCCNC(c1ccco1)c1cc2cccc(F)c2o1. The van der Waals surface area contributed by atoms with Gasteiger partial charge in [-0.3, -0.25) is 0 Å².